The van der Waals surface area contributed by atoms with Crippen LogP contribution in [0.1, 0.15) is 25.2 Å². The number of nitrogens with one attached hydrogen (secondary N) is 2. The smallest absolute Gasteiger partial charge is 0.294 e. The van der Waals surface area contributed by atoms with E-state index in [1.165, 1.54) is 0 Å². The molecular weight excluding hydrogens is 476 g/mol. The predicted octanol–water partition coefficient (Wildman–Crippen LogP) is -1.08. The number of benzene rings is 1. The van der Waals surface area contributed by atoms with E-state index < -0.39 is 0 Å². The number of nitrogens with zero attached hydrogens (tertiary/aromatic N) is 4. The Bertz CT molecular complexity index is 708. The summed E-state index contributed by atoms with van der Waals surface area (Å²) in [6, 6.07) is 7.82. The Balaban J connectivity index is 0.00000338. The Morgan fingerprint density at radius 1 is 1.26 bits per heavy atom. The highest BCUT2D eigenvalue weighted by Crippen LogP contribution is 2.12. The highest BCUT2D eigenvalue weighted by Gasteiger charge is 2.11. The van der Waals surface area contributed by atoms with E-state index in [-0.39, 0.29) is 34.0 Å². The van der Waals surface area contributed by atoms with E-state index >= 15 is 0 Å². The molecule has 2 rings (SSSR count). The molecule has 0 bridgehead atoms. The van der Waals surface area contributed by atoms with Crippen LogP contribution in [0.4, 0.5) is 0 Å². The van der Waals surface area contributed by atoms with Crippen LogP contribution in [0.2, 0.25) is 0 Å². The van der Waals surface area contributed by atoms with Crippen LogP contribution in [0.15, 0.2) is 46.8 Å². The standard InChI is InChI=1S/C18H27N6O.2BrH/c1-5-19-18(20-6-2)22-21-13-15-7-9-16(10-8-15)25-14-17-23(3)11-12-24(17)4;;/h7-13H,5-6,14H2,1-4H3,(H2,19,20,22);2*1H/q+1;;/p-1/b21-13+;;. The molecular formula is C18H28Br2N6O. The maximum absolute atomic E-state index is 5.84. The monoisotopic (exact) mass is 502 g/mol. The first-order chi connectivity index (χ1) is 12.1. The molecule has 27 heavy (non-hydrogen) atoms. The number of aliphatic imine (C=N–C) groups is 1. The van der Waals surface area contributed by atoms with Crippen molar-refractivity contribution in [2.45, 2.75) is 20.5 Å². The van der Waals surface area contributed by atoms with Crippen LogP contribution in [0.5, 0.6) is 5.75 Å². The minimum Gasteiger partial charge on any atom is -1.00 e. The molecule has 1 aromatic heterocycles. The minimum atomic E-state index is 0. The first kappa shape index (κ1) is 25.1. The summed E-state index contributed by atoms with van der Waals surface area (Å²) in [5.74, 6) is 2.60. The highest BCUT2D eigenvalue weighted by molar-refractivity contribution is 8.93. The number of aromatic nitrogens is 2. The van der Waals surface area contributed by atoms with Crippen LogP contribution in [0, 0.1) is 0 Å². The maximum Gasteiger partial charge on any atom is 0.294 e. The number of ether oxygens (including phenoxy) is 1. The van der Waals surface area contributed by atoms with Crippen LogP contribution >= 0.6 is 17.0 Å². The van der Waals surface area contributed by atoms with E-state index in [2.05, 4.69) is 20.8 Å². The van der Waals surface area contributed by atoms with Crippen molar-refractivity contribution in [3.05, 3.63) is 48.0 Å². The van der Waals surface area contributed by atoms with Gasteiger partial charge in [0.05, 0.1) is 20.3 Å². The maximum atomic E-state index is 5.84. The lowest BCUT2D eigenvalue weighted by molar-refractivity contribution is -0.680. The summed E-state index contributed by atoms with van der Waals surface area (Å²) in [7, 11) is 4.02. The molecule has 150 valence electrons. The molecule has 9 heteroatoms. The molecule has 0 amide bonds. The third kappa shape index (κ3) is 8.13. The van der Waals surface area contributed by atoms with Crippen molar-refractivity contribution < 1.29 is 26.3 Å². The van der Waals surface area contributed by atoms with E-state index in [1.54, 1.807) is 6.21 Å². The molecule has 7 nitrogen and oxygen atoms in total. The number of rotatable bonds is 7. The number of halogens is 2. The van der Waals surface area contributed by atoms with Gasteiger partial charge < -0.3 is 27.0 Å². The van der Waals surface area contributed by atoms with Gasteiger partial charge in [-0.3, -0.25) is 4.99 Å². The second-order valence-electron chi connectivity index (χ2n) is 5.52. The van der Waals surface area contributed by atoms with Gasteiger partial charge in [0.1, 0.15) is 18.1 Å². The third-order valence-corrected chi connectivity index (χ3v) is 3.62. The van der Waals surface area contributed by atoms with Gasteiger partial charge in [0.15, 0.2) is 6.61 Å². The molecule has 0 atom stereocenters. The van der Waals surface area contributed by atoms with Gasteiger partial charge in [0.2, 0.25) is 5.96 Å². The van der Waals surface area contributed by atoms with Gasteiger partial charge in [-0.2, -0.15) is 5.10 Å². The quantitative estimate of drug-likeness (QED) is 0.218. The lowest BCUT2D eigenvalue weighted by Gasteiger charge is -2.06. The van der Waals surface area contributed by atoms with Gasteiger partial charge in [0, 0.05) is 13.1 Å². The third-order valence-electron chi connectivity index (χ3n) is 3.62. The van der Waals surface area contributed by atoms with Crippen molar-refractivity contribution >= 4 is 29.2 Å². The predicted molar refractivity (Wildman–Crippen MR) is 110 cm³/mol. The largest absolute Gasteiger partial charge is 1.00 e. The van der Waals surface area contributed by atoms with E-state index in [4.69, 9.17) is 4.74 Å². The van der Waals surface area contributed by atoms with Crippen LogP contribution < -0.4 is 37.0 Å². The normalized spacial score (nSPS) is 10.9. The zero-order chi connectivity index (χ0) is 18.1. The second kappa shape index (κ2) is 13.3. The lowest BCUT2D eigenvalue weighted by Crippen LogP contribution is -3.00. The molecule has 2 N–H and O–H groups in total. The number of imidazole rings is 1. The van der Waals surface area contributed by atoms with Gasteiger partial charge in [0.25, 0.3) is 5.82 Å². The van der Waals surface area contributed by atoms with E-state index in [0.717, 1.165) is 23.7 Å². The fraction of sp³-hybridized carbons (Fsp3) is 0.389. The summed E-state index contributed by atoms with van der Waals surface area (Å²) >= 11 is 0. The Hall–Kier alpha value is -1.87. The van der Waals surface area contributed by atoms with Crippen molar-refractivity contribution in [1.82, 2.24) is 15.3 Å². The SMILES string of the molecule is Br.CCN=C(NCC)N/N=C/c1ccc(OCc2n(C)cc[n+]2C)cc1.[Br-]. The molecule has 0 fully saturated rings. The van der Waals surface area contributed by atoms with Gasteiger partial charge in [-0.05, 0) is 43.7 Å². The molecule has 0 spiro atoms. The molecule has 0 aliphatic rings. The number of aryl methyl sites for hydroxylation is 2. The Morgan fingerprint density at radius 2 is 1.96 bits per heavy atom. The summed E-state index contributed by atoms with van der Waals surface area (Å²) < 4.78 is 9.94. The molecule has 0 aliphatic heterocycles. The Labute approximate surface area is 182 Å². The minimum absolute atomic E-state index is 0. The summed E-state index contributed by atoms with van der Waals surface area (Å²) in [4.78, 5) is 4.28. The summed E-state index contributed by atoms with van der Waals surface area (Å²) in [6.45, 7) is 6.03. The average Bonchev–Trinajstić information content (AvgIpc) is 2.93. The molecule has 1 aromatic carbocycles. The van der Waals surface area contributed by atoms with Crippen LogP contribution in [0.3, 0.4) is 0 Å². The molecule has 0 radical (unpaired) electrons. The van der Waals surface area contributed by atoms with Crippen molar-refractivity contribution in [3.8, 4) is 5.75 Å². The zero-order valence-corrected chi connectivity index (χ0v) is 19.4. The topological polar surface area (TPSA) is 66.8 Å². The first-order valence-corrected chi connectivity index (χ1v) is 8.44. The van der Waals surface area contributed by atoms with Crippen LogP contribution in [-0.4, -0.2) is 29.8 Å². The fourth-order valence-electron chi connectivity index (χ4n) is 2.25. The second-order valence-corrected chi connectivity index (χ2v) is 5.52. The average molecular weight is 504 g/mol. The van der Waals surface area contributed by atoms with Crippen molar-refractivity contribution in [3.63, 3.8) is 0 Å². The lowest BCUT2D eigenvalue weighted by atomic mass is 10.2. The number of hydrazone groups is 1. The number of guanidine groups is 1. The number of hydrogen-bond acceptors (Lipinski definition) is 3. The Kier molecular flexibility index (Phi) is 12.4. The summed E-state index contributed by atoms with van der Waals surface area (Å²) in [6.07, 6.45) is 5.77. The molecule has 0 unspecified atom stereocenters. The van der Waals surface area contributed by atoms with Gasteiger partial charge in [-0.25, -0.2) is 14.6 Å². The van der Waals surface area contributed by atoms with E-state index in [0.29, 0.717) is 19.1 Å². The van der Waals surface area contributed by atoms with E-state index in [1.807, 2.05) is 73.7 Å². The van der Waals surface area contributed by atoms with Gasteiger partial charge in [-0.15, -0.1) is 17.0 Å². The summed E-state index contributed by atoms with van der Waals surface area (Å²) in [5.41, 5.74) is 3.90. The highest BCUT2D eigenvalue weighted by atomic mass is 79.9. The van der Waals surface area contributed by atoms with Gasteiger partial charge in [-0.1, -0.05) is 0 Å². The fourth-order valence-corrected chi connectivity index (χ4v) is 2.25. The van der Waals surface area contributed by atoms with Crippen molar-refractivity contribution in [2.75, 3.05) is 13.1 Å². The molecule has 1 heterocycles. The van der Waals surface area contributed by atoms with Crippen molar-refractivity contribution in [2.24, 2.45) is 24.2 Å². The molecule has 0 saturated carbocycles. The summed E-state index contributed by atoms with van der Waals surface area (Å²) in [5, 5.41) is 7.32. The Morgan fingerprint density at radius 3 is 2.52 bits per heavy atom. The first-order valence-electron chi connectivity index (χ1n) is 8.44. The molecule has 2 aromatic rings. The number of hydrogen-bond donors (Lipinski definition) is 2. The molecule has 0 aliphatic carbocycles. The van der Waals surface area contributed by atoms with Crippen molar-refractivity contribution in [1.29, 1.82) is 0 Å². The van der Waals surface area contributed by atoms with Crippen LogP contribution in [0.25, 0.3) is 0 Å². The zero-order valence-electron chi connectivity index (χ0n) is 16.1. The van der Waals surface area contributed by atoms with Gasteiger partial charge >= 0.3 is 0 Å². The van der Waals surface area contributed by atoms with E-state index in [9.17, 15) is 0 Å². The van der Waals surface area contributed by atoms with Crippen LogP contribution in [-0.2, 0) is 20.7 Å². The molecule has 0 saturated heterocycles.